The van der Waals surface area contributed by atoms with Crippen molar-refractivity contribution in [1.82, 2.24) is 0 Å². The van der Waals surface area contributed by atoms with Crippen LogP contribution >= 0.6 is 11.6 Å². The Balaban J connectivity index is 0. The van der Waals surface area contributed by atoms with Crippen molar-refractivity contribution in [3.63, 3.8) is 0 Å². The van der Waals surface area contributed by atoms with Gasteiger partial charge in [0.2, 0.25) is 0 Å². The van der Waals surface area contributed by atoms with Gasteiger partial charge in [0.25, 0.3) is 0 Å². The smallest absolute Gasteiger partial charge is 0.321 e. The van der Waals surface area contributed by atoms with Crippen LogP contribution in [0.3, 0.4) is 0 Å². The van der Waals surface area contributed by atoms with Crippen LogP contribution in [0.2, 0.25) is 0 Å². The van der Waals surface area contributed by atoms with Crippen LogP contribution in [0.4, 0.5) is 0 Å². The van der Waals surface area contributed by atoms with Gasteiger partial charge in [-0.3, -0.25) is 4.79 Å². The molecule has 0 fully saturated rings. The molecule has 4 heteroatoms. The molecule has 0 aliphatic heterocycles. The van der Waals surface area contributed by atoms with E-state index in [2.05, 4.69) is 0 Å². The Morgan fingerprint density at radius 3 is 2.00 bits per heavy atom. The summed E-state index contributed by atoms with van der Waals surface area (Å²) in [6.07, 6.45) is 0. The predicted octanol–water partition coefficient (Wildman–Crippen LogP) is 1.56. The molecule has 0 spiro atoms. The number of rotatable bonds is 1. The van der Waals surface area contributed by atoms with E-state index in [0.29, 0.717) is 0 Å². The molecular weight excluding hydrogens is 205 g/mol. The summed E-state index contributed by atoms with van der Waals surface area (Å²) in [5.74, 6) is -0.443. The number of carbonyl (C=O) groups is 1. The van der Waals surface area contributed by atoms with Crippen molar-refractivity contribution in [1.29, 1.82) is 0 Å². The van der Waals surface area contributed by atoms with Gasteiger partial charge in [0.15, 0.2) is 0 Å². The molecule has 0 amide bonds. The maximum atomic E-state index is 10.5. The van der Waals surface area contributed by atoms with Crippen molar-refractivity contribution in [2.45, 2.75) is 26.4 Å². The minimum absolute atomic E-state index is 0. The van der Waals surface area contributed by atoms with E-state index in [9.17, 15) is 4.79 Å². The van der Waals surface area contributed by atoms with Crippen molar-refractivity contribution in [2.75, 3.05) is 5.88 Å². The normalized spacial score (nSPS) is 10.0. The van der Waals surface area contributed by atoms with Gasteiger partial charge in [-0.2, -0.15) is 0 Å². The maximum absolute atomic E-state index is 10.5. The first kappa shape index (κ1) is 13.0. The van der Waals surface area contributed by atoms with E-state index >= 15 is 0 Å². The van der Waals surface area contributed by atoms with E-state index in [-0.39, 0.29) is 31.3 Å². The molecule has 56 valence electrons. The molecule has 0 bridgehead atoms. The molecule has 0 aliphatic carbocycles. The summed E-state index contributed by atoms with van der Waals surface area (Å²) >= 11 is 5.18. The quantitative estimate of drug-likeness (QED) is 0.377. The van der Waals surface area contributed by atoms with E-state index in [4.69, 9.17) is 16.3 Å². The third-order valence-corrected chi connectivity index (χ3v) is 0.747. The van der Waals surface area contributed by atoms with Crippen molar-refractivity contribution in [2.24, 2.45) is 0 Å². The summed E-state index contributed by atoms with van der Waals surface area (Å²) in [6, 6.07) is 0. The Labute approximate surface area is 79.0 Å². The first-order valence-electron chi connectivity index (χ1n) is 2.73. The van der Waals surface area contributed by atoms with Crippen molar-refractivity contribution >= 4 is 17.6 Å². The van der Waals surface area contributed by atoms with Crippen LogP contribution in [0, 0.1) is 0 Å². The van der Waals surface area contributed by atoms with Gasteiger partial charge in [-0.05, 0) is 20.8 Å². The van der Waals surface area contributed by atoms with Crippen molar-refractivity contribution in [3.8, 4) is 0 Å². The Morgan fingerprint density at radius 1 is 1.50 bits per heavy atom. The van der Waals surface area contributed by atoms with E-state index in [0.717, 1.165) is 0 Å². The topological polar surface area (TPSA) is 26.3 Å². The Bertz CT molecular complexity index is 109. The van der Waals surface area contributed by atoms with Crippen LogP contribution in [0.15, 0.2) is 0 Å². The number of hydrogen-bond donors (Lipinski definition) is 0. The molecule has 10 heavy (non-hydrogen) atoms. The molecule has 2 nitrogen and oxygen atoms in total. The predicted molar refractivity (Wildman–Crippen MR) is 36.6 cm³/mol. The van der Waals surface area contributed by atoms with Gasteiger partial charge in [-0.15, -0.1) is 11.6 Å². The van der Waals surface area contributed by atoms with Gasteiger partial charge in [0, 0.05) is 19.5 Å². The molecule has 0 saturated carbocycles. The van der Waals surface area contributed by atoms with Gasteiger partial charge < -0.3 is 4.74 Å². The van der Waals surface area contributed by atoms with Crippen LogP contribution < -0.4 is 0 Å². The van der Waals surface area contributed by atoms with Gasteiger partial charge in [0.05, 0.1) is 0 Å². The van der Waals surface area contributed by atoms with Crippen LogP contribution in [0.25, 0.3) is 0 Å². The molecule has 0 heterocycles. The summed E-state index contributed by atoms with van der Waals surface area (Å²) in [5, 5.41) is 0. The van der Waals surface area contributed by atoms with E-state index in [1.165, 1.54) is 0 Å². The Kier molecular flexibility index (Phi) is 6.62. The minimum atomic E-state index is -0.411. The fourth-order valence-electron chi connectivity index (χ4n) is 0.369. The van der Waals surface area contributed by atoms with E-state index in [1.54, 1.807) is 20.8 Å². The maximum Gasteiger partial charge on any atom is 0.321 e. The summed E-state index contributed by atoms with van der Waals surface area (Å²) in [5.41, 5.74) is -0.411. The molecule has 0 aliphatic rings. The fraction of sp³-hybridized carbons (Fsp3) is 0.833. The molecule has 0 atom stereocenters. The summed E-state index contributed by atoms with van der Waals surface area (Å²) in [6.45, 7) is 5.41. The Hall–Kier alpha value is 0.383. The first-order chi connectivity index (χ1) is 3.95. The van der Waals surface area contributed by atoms with Crippen molar-refractivity contribution in [3.05, 3.63) is 0 Å². The van der Waals surface area contributed by atoms with E-state index in [1.807, 2.05) is 0 Å². The average molecular weight is 216 g/mol. The molecule has 0 saturated heterocycles. The molecule has 0 aromatic rings. The number of ether oxygens (including phenoxy) is 1. The van der Waals surface area contributed by atoms with Crippen LogP contribution in [0.5, 0.6) is 0 Å². The molecule has 0 N–H and O–H groups in total. The number of carbonyl (C=O) groups excluding carboxylic acids is 1. The fourth-order valence-corrected chi connectivity index (χ4v) is 0.423. The van der Waals surface area contributed by atoms with Crippen LogP contribution in [-0.4, -0.2) is 17.5 Å². The zero-order valence-corrected chi connectivity index (χ0v) is 10.3. The third kappa shape index (κ3) is 8.38. The zero-order valence-electron chi connectivity index (χ0n) is 6.61. The monoisotopic (exact) mass is 214 g/mol. The molecule has 0 rings (SSSR count). The molecule has 0 unspecified atom stereocenters. The van der Waals surface area contributed by atoms with Gasteiger partial charge >= 0.3 is 5.97 Å². The number of alkyl halides is 1. The second kappa shape index (κ2) is 5.09. The van der Waals surface area contributed by atoms with Gasteiger partial charge in [-0.25, -0.2) is 0 Å². The van der Waals surface area contributed by atoms with Crippen LogP contribution in [-0.2, 0) is 29.0 Å². The second-order valence-electron chi connectivity index (χ2n) is 2.72. The molecule has 0 aromatic heterocycles. The Morgan fingerprint density at radius 2 is 1.90 bits per heavy atom. The van der Waals surface area contributed by atoms with Gasteiger partial charge in [-0.1, -0.05) is 0 Å². The summed E-state index contributed by atoms with van der Waals surface area (Å²) in [7, 11) is 0. The SMILES string of the molecule is CC(C)(C)OC(=O)CCl.[Zn]. The average Bonchev–Trinajstić information content (AvgIpc) is 1.62. The first-order valence-corrected chi connectivity index (χ1v) is 3.27. The molecule has 0 radical (unpaired) electrons. The summed E-state index contributed by atoms with van der Waals surface area (Å²) in [4.78, 5) is 10.5. The standard InChI is InChI=1S/C6H11ClO2.Zn/c1-6(2,3)9-5(8)4-7;/h4H2,1-3H3;. The third-order valence-electron chi connectivity index (χ3n) is 0.529. The van der Waals surface area contributed by atoms with Crippen LogP contribution in [0.1, 0.15) is 20.8 Å². The molecular formula is C6H11ClO2Zn. The number of halogens is 1. The molecule has 0 aromatic carbocycles. The van der Waals surface area contributed by atoms with Crippen molar-refractivity contribution < 1.29 is 29.0 Å². The second-order valence-corrected chi connectivity index (χ2v) is 2.99. The largest absolute Gasteiger partial charge is 0.459 e. The van der Waals surface area contributed by atoms with Gasteiger partial charge in [0.1, 0.15) is 11.5 Å². The minimum Gasteiger partial charge on any atom is -0.459 e. The van der Waals surface area contributed by atoms with E-state index < -0.39 is 5.60 Å². The number of hydrogen-bond acceptors (Lipinski definition) is 2. The summed E-state index contributed by atoms with van der Waals surface area (Å²) < 4.78 is 4.82. The zero-order chi connectivity index (χ0) is 7.49. The number of esters is 1.